The molecule has 3 aromatic rings. The van der Waals surface area contributed by atoms with E-state index in [-0.39, 0.29) is 11.9 Å². The van der Waals surface area contributed by atoms with Gasteiger partial charge in [-0.15, -0.1) is 0 Å². The molecule has 1 fully saturated rings. The van der Waals surface area contributed by atoms with E-state index in [0.717, 1.165) is 36.4 Å². The van der Waals surface area contributed by atoms with Gasteiger partial charge in [0.1, 0.15) is 5.75 Å². The molecule has 2 atom stereocenters. The molecular formula is C22H25ClN4O2. The number of aromatic nitrogens is 3. The smallest absolute Gasteiger partial charge is 0.254 e. The summed E-state index contributed by atoms with van der Waals surface area (Å²) in [5, 5.41) is 8.85. The molecule has 1 aromatic carbocycles. The first kappa shape index (κ1) is 19.7. The van der Waals surface area contributed by atoms with Crippen LogP contribution >= 0.6 is 11.6 Å². The van der Waals surface area contributed by atoms with Crippen molar-refractivity contribution in [3.05, 3.63) is 46.7 Å². The molecule has 29 heavy (non-hydrogen) atoms. The number of ether oxygens (including phenoxy) is 1. The number of hydrogen-bond donors (Lipinski definition) is 1. The Kier molecular flexibility index (Phi) is 5.46. The zero-order chi connectivity index (χ0) is 20.5. The van der Waals surface area contributed by atoms with E-state index in [0.29, 0.717) is 27.5 Å². The predicted molar refractivity (Wildman–Crippen MR) is 114 cm³/mol. The largest absolute Gasteiger partial charge is 0.497 e. The molecule has 0 aliphatic heterocycles. The number of hydrogen-bond acceptors (Lipinski definition) is 4. The molecule has 0 saturated heterocycles. The molecule has 7 heteroatoms. The van der Waals surface area contributed by atoms with Crippen molar-refractivity contribution in [1.82, 2.24) is 20.1 Å². The zero-order valence-electron chi connectivity index (χ0n) is 16.9. The van der Waals surface area contributed by atoms with E-state index in [1.54, 1.807) is 18.0 Å². The molecule has 1 saturated carbocycles. The fraction of sp³-hybridized carbons (Fsp3) is 0.409. The van der Waals surface area contributed by atoms with E-state index >= 15 is 0 Å². The number of carbonyl (C=O) groups is 1. The van der Waals surface area contributed by atoms with E-state index in [9.17, 15) is 4.79 Å². The summed E-state index contributed by atoms with van der Waals surface area (Å²) in [6, 6.07) is 7.76. The molecular weight excluding hydrogens is 388 g/mol. The molecule has 6 nitrogen and oxygen atoms in total. The summed E-state index contributed by atoms with van der Waals surface area (Å²) in [6.07, 6.45) is 6.07. The normalized spacial score (nSPS) is 19.3. The summed E-state index contributed by atoms with van der Waals surface area (Å²) >= 11 is 6.68. The van der Waals surface area contributed by atoms with Crippen molar-refractivity contribution in [2.24, 2.45) is 5.92 Å². The van der Waals surface area contributed by atoms with Crippen molar-refractivity contribution >= 4 is 28.5 Å². The summed E-state index contributed by atoms with van der Waals surface area (Å²) in [6.45, 7) is 4.06. The highest BCUT2D eigenvalue weighted by molar-refractivity contribution is 6.38. The average Bonchev–Trinajstić information content (AvgIpc) is 3.07. The van der Waals surface area contributed by atoms with Gasteiger partial charge in [0, 0.05) is 18.3 Å². The average molecular weight is 413 g/mol. The van der Waals surface area contributed by atoms with Crippen molar-refractivity contribution in [2.45, 2.75) is 45.6 Å². The van der Waals surface area contributed by atoms with Crippen LogP contribution in [-0.4, -0.2) is 33.8 Å². The Balaban J connectivity index is 1.71. The van der Waals surface area contributed by atoms with Crippen LogP contribution in [0.1, 0.15) is 48.7 Å². The highest BCUT2D eigenvalue weighted by Crippen LogP contribution is 2.31. The van der Waals surface area contributed by atoms with Gasteiger partial charge in [-0.25, -0.2) is 9.67 Å². The number of nitrogens with zero attached hydrogens (tertiary/aromatic N) is 3. The third-order valence-electron chi connectivity index (χ3n) is 5.78. The molecule has 1 aliphatic carbocycles. The molecule has 2 heterocycles. The second-order valence-electron chi connectivity index (χ2n) is 7.72. The predicted octanol–water partition coefficient (Wildman–Crippen LogP) is 4.70. The van der Waals surface area contributed by atoms with Crippen molar-refractivity contribution < 1.29 is 9.53 Å². The summed E-state index contributed by atoms with van der Waals surface area (Å²) in [4.78, 5) is 17.5. The number of fused-ring (bicyclic) bond motifs is 1. The number of nitrogens with one attached hydrogen (secondary N) is 1. The molecule has 0 spiro atoms. The maximum Gasteiger partial charge on any atom is 0.254 e. The van der Waals surface area contributed by atoms with Crippen LogP contribution in [0.4, 0.5) is 0 Å². The van der Waals surface area contributed by atoms with Crippen LogP contribution in [-0.2, 0) is 0 Å². The van der Waals surface area contributed by atoms with Crippen molar-refractivity contribution in [3.63, 3.8) is 0 Å². The maximum atomic E-state index is 12.9. The first-order valence-corrected chi connectivity index (χ1v) is 10.4. The minimum Gasteiger partial charge on any atom is -0.497 e. The SMILES string of the molecule is COc1cccc(-n2nc(C)c3c(Cl)c(C(=O)N[C@H]4CCCC[C@H]4C)cnc32)c1. The Bertz CT molecular complexity index is 1060. The van der Waals surface area contributed by atoms with E-state index < -0.39 is 0 Å². The molecule has 2 aromatic heterocycles. The Morgan fingerprint density at radius 2 is 2.10 bits per heavy atom. The van der Waals surface area contributed by atoms with Gasteiger partial charge in [0.25, 0.3) is 5.91 Å². The van der Waals surface area contributed by atoms with Gasteiger partial charge in [-0.05, 0) is 37.8 Å². The number of halogens is 1. The zero-order valence-corrected chi connectivity index (χ0v) is 17.7. The van der Waals surface area contributed by atoms with Crippen LogP contribution < -0.4 is 10.1 Å². The standard InChI is InChI=1S/C22H25ClN4O2/c1-13-7-4-5-10-18(13)25-22(28)17-12-24-21-19(20(17)23)14(2)26-27(21)15-8-6-9-16(11-15)29-3/h6,8-9,11-13,18H,4-5,7,10H2,1-3H3,(H,25,28)/t13-,18+/m1/s1. The van der Waals surface area contributed by atoms with E-state index in [4.69, 9.17) is 16.3 Å². The van der Waals surface area contributed by atoms with Crippen molar-refractivity contribution in [1.29, 1.82) is 0 Å². The quantitative estimate of drug-likeness (QED) is 0.674. The molecule has 4 rings (SSSR count). The third-order valence-corrected chi connectivity index (χ3v) is 6.17. The van der Waals surface area contributed by atoms with Gasteiger partial charge >= 0.3 is 0 Å². The van der Waals surface area contributed by atoms with Crippen LogP contribution in [0.25, 0.3) is 16.7 Å². The number of pyridine rings is 1. The number of amides is 1. The van der Waals surface area contributed by atoms with Gasteiger partial charge in [0.05, 0.1) is 34.5 Å². The van der Waals surface area contributed by atoms with Gasteiger partial charge in [0.15, 0.2) is 5.65 Å². The lowest BCUT2D eigenvalue weighted by atomic mass is 9.86. The van der Waals surface area contributed by atoms with Crippen LogP contribution in [0.2, 0.25) is 5.02 Å². The number of rotatable bonds is 4. The number of aryl methyl sites for hydroxylation is 1. The van der Waals surface area contributed by atoms with Gasteiger partial charge in [0.2, 0.25) is 0 Å². The molecule has 0 radical (unpaired) electrons. The van der Waals surface area contributed by atoms with Gasteiger partial charge in [-0.2, -0.15) is 5.10 Å². The Morgan fingerprint density at radius 1 is 1.31 bits per heavy atom. The first-order chi connectivity index (χ1) is 14.0. The second kappa shape index (κ2) is 8.03. The minimum absolute atomic E-state index is 0.170. The summed E-state index contributed by atoms with van der Waals surface area (Å²) < 4.78 is 7.04. The number of methoxy groups -OCH3 is 1. The lowest BCUT2D eigenvalue weighted by Gasteiger charge is -2.29. The lowest BCUT2D eigenvalue weighted by molar-refractivity contribution is 0.0910. The summed E-state index contributed by atoms with van der Waals surface area (Å²) in [5.41, 5.74) is 2.55. The highest BCUT2D eigenvalue weighted by Gasteiger charge is 2.26. The van der Waals surface area contributed by atoms with Crippen LogP contribution in [0.5, 0.6) is 5.75 Å². The van der Waals surface area contributed by atoms with E-state index in [2.05, 4.69) is 22.3 Å². The molecule has 1 amide bonds. The minimum atomic E-state index is -0.170. The fourth-order valence-electron chi connectivity index (χ4n) is 4.07. The fourth-order valence-corrected chi connectivity index (χ4v) is 4.42. The van der Waals surface area contributed by atoms with Crippen LogP contribution in [0.3, 0.4) is 0 Å². The van der Waals surface area contributed by atoms with Crippen LogP contribution in [0, 0.1) is 12.8 Å². The monoisotopic (exact) mass is 412 g/mol. The van der Waals surface area contributed by atoms with Gasteiger partial charge in [-0.1, -0.05) is 37.4 Å². The number of benzene rings is 1. The number of carbonyl (C=O) groups excluding carboxylic acids is 1. The Hall–Kier alpha value is -2.60. The Labute approximate surface area is 175 Å². The third kappa shape index (κ3) is 3.69. The maximum absolute atomic E-state index is 12.9. The van der Waals surface area contributed by atoms with E-state index in [1.165, 1.54) is 6.42 Å². The Morgan fingerprint density at radius 3 is 2.86 bits per heavy atom. The second-order valence-corrected chi connectivity index (χ2v) is 8.10. The summed E-state index contributed by atoms with van der Waals surface area (Å²) in [5.74, 6) is 1.03. The molecule has 0 bridgehead atoms. The van der Waals surface area contributed by atoms with Crippen LogP contribution in [0.15, 0.2) is 30.5 Å². The molecule has 1 aliphatic rings. The van der Waals surface area contributed by atoms with Crippen molar-refractivity contribution in [3.8, 4) is 11.4 Å². The molecule has 1 N–H and O–H groups in total. The molecule has 0 unspecified atom stereocenters. The summed E-state index contributed by atoms with van der Waals surface area (Å²) in [7, 11) is 1.62. The van der Waals surface area contributed by atoms with Gasteiger partial charge in [-0.3, -0.25) is 4.79 Å². The highest BCUT2D eigenvalue weighted by atomic mass is 35.5. The van der Waals surface area contributed by atoms with E-state index in [1.807, 2.05) is 31.2 Å². The van der Waals surface area contributed by atoms with Crippen molar-refractivity contribution in [2.75, 3.05) is 7.11 Å². The molecule has 152 valence electrons. The first-order valence-electron chi connectivity index (χ1n) is 9.98. The van der Waals surface area contributed by atoms with Gasteiger partial charge < -0.3 is 10.1 Å². The topological polar surface area (TPSA) is 69.0 Å². The lowest BCUT2D eigenvalue weighted by Crippen LogP contribution is -2.41.